The molecular weight excluding hydrogens is 120 g/mol. The fraction of sp³-hybridized carbons (Fsp3) is 0.833. The van der Waals surface area contributed by atoms with E-state index in [0.717, 1.165) is 6.42 Å². The van der Waals surface area contributed by atoms with Gasteiger partial charge in [-0.15, -0.1) is 0 Å². The zero-order chi connectivity index (χ0) is 6.48. The van der Waals surface area contributed by atoms with Crippen LogP contribution in [-0.2, 0) is 14.3 Å². The molecular formula is C6H8O3. The Hall–Kier alpha value is -0.570. The molecule has 2 saturated heterocycles. The normalized spacial score (nSPS) is 47.7. The molecule has 0 amide bonds. The smallest absolute Gasteiger partial charge is 0.308 e. The third kappa shape index (κ3) is 0.580. The number of esters is 1. The predicted octanol–water partition coefficient (Wildman–Crippen LogP) is 0.438. The second-order valence-corrected chi connectivity index (χ2v) is 2.55. The molecule has 2 rings (SSSR count). The molecule has 0 saturated carbocycles. The van der Waals surface area contributed by atoms with Gasteiger partial charge in [0, 0.05) is 6.42 Å². The van der Waals surface area contributed by atoms with Gasteiger partial charge in [-0.1, -0.05) is 0 Å². The summed E-state index contributed by atoms with van der Waals surface area (Å²) >= 11 is 0. The minimum Gasteiger partial charge on any atom is -0.430 e. The van der Waals surface area contributed by atoms with E-state index in [4.69, 9.17) is 9.47 Å². The summed E-state index contributed by atoms with van der Waals surface area (Å²) in [6.45, 7) is 1.92. The molecule has 0 aromatic rings. The van der Waals surface area contributed by atoms with Crippen molar-refractivity contribution >= 4 is 5.97 Å². The lowest BCUT2D eigenvalue weighted by Gasteiger charge is -1.98. The number of hydrogen-bond acceptors (Lipinski definition) is 3. The monoisotopic (exact) mass is 128 g/mol. The molecule has 0 aliphatic carbocycles. The second kappa shape index (κ2) is 1.29. The molecule has 0 aromatic carbocycles. The lowest BCUT2D eigenvalue weighted by molar-refractivity contribution is -0.147. The molecule has 2 fully saturated rings. The highest BCUT2D eigenvalue weighted by molar-refractivity contribution is 5.72. The highest BCUT2D eigenvalue weighted by Gasteiger charge is 2.60. The number of rotatable bonds is 0. The summed E-state index contributed by atoms with van der Waals surface area (Å²) in [5.74, 6) is -0.601. The zero-order valence-corrected chi connectivity index (χ0v) is 5.22. The average molecular weight is 128 g/mol. The number of epoxide rings is 1. The first-order valence-electron chi connectivity index (χ1n) is 3.13. The maximum Gasteiger partial charge on any atom is 0.308 e. The molecule has 3 heteroatoms. The molecule has 0 radical (unpaired) electrons. The minimum atomic E-state index is -0.475. The molecule has 2 unspecified atom stereocenters. The summed E-state index contributed by atoms with van der Waals surface area (Å²) in [5, 5.41) is 0. The summed E-state index contributed by atoms with van der Waals surface area (Å²) in [6, 6.07) is 0. The molecule has 2 heterocycles. The molecule has 2 aliphatic heterocycles. The Balaban J connectivity index is 2.11. The molecule has 2 aliphatic rings. The van der Waals surface area contributed by atoms with Crippen LogP contribution in [0.2, 0.25) is 0 Å². The Morgan fingerprint density at radius 2 is 2.44 bits per heavy atom. The fourth-order valence-electron chi connectivity index (χ4n) is 1.21. The first-order chi connectivity index (χ1) is 4.23. The van der Waals surface area contributed by atoms with Crippen molar-refractivity contribution in [3.8, 4) is 0 Å². The van der Waals surface area contributed by atoms with Gasteiger partial charge >= 0.3 is 5.97 Å². The molecule has 9 heavy (non-hydrogen) atoms. The van der Waals surface area contributed by atoms with Crippen molar-refractivity contribution in [3.05, 3.63) is 0 Å². The lowest BCUT2D eigenvalue weighted by Crippen LogP contribution is -2.11. The van der Waals surface area contributed by atoms with E-state index in [9.17, 15) is 4.79 Å². The summed E-state index contributed by atoms with van der Waals surface area (Å²) in [5.41, 5.74) is 0. The van der Waals surface area contributed by atoms with E-state index < -0.39 is 5.79 Å². The molecule has 3 nitrogen and oxygen atoms in total. The van der Waals surface area contributed by atoms with Crippen LogP contribution in [-0.4, -0.2) is 17.9 Å². The van der Waals surface area contributed by atoms with Gasteiger partial charge in [-0.05, 0) is 6.92 Å². The Labute approximate surface area is 52.9 Å². The van der Waals surface area contributed by atoms with Gasteiger partial charge in [0.25, 0.3) is 0 Å². The van der Waals surface area contributed by atoms with Gasteiger partial charge in [-0.25, -0.2) is 0 Å². The fourth-order valence-corrected chi connectivity index (χ4v) is 1.21. The molecule has 50 valence electrons. The maximum atomic E-state index is 10.5. The number of carbonyl (C=O) groups excluding carboxylic acids is 1. The predicted molar refractivity (Wildman–Crippen MR) is 28.6 cm³/mol. The van der Waals surface area contributed by atoms with Crippen LogP contribution in [0.3, 0.4) is 0 Å². The van der Waals surface area contributed by atoms with Crippen molar-refractivity contribution in [3.63, 3.8) is 0 Å². The second-order valence-electron chi connectivity index (χ2n) is 2.55. The van der Waals surface area contributed by atoms with Gasteiger partial charge in [0.15, 0.2) is 0 Å². The highest BCUT2D eigenvalue weighted by atomic mass is 16.8. The summed E-state index contributed by atoms with van der Waals surface area (Å²) in [7, 11) is 0. The van der Waals surface area contributed by atoms with Crippen LogP contribution in [0, 0.1) is 0 Å². The van der Waals surface area contributed by atoms with Crippen molar-refractivity contribution in [1.29, 1.82) is 0 Å². The van der Waals surface area contributed by atoms with Crippen molar-refractivity contribution in [2.24, 2.45) is 0 Å². The van der Waals surface area contributed by atoms with E-state index in [1.54, 1.807) is 0 Å². The largest absolute Gasteiger partial charge is 0.430 e. The third-order valence-corrected chi connectivity index (χ3v) is 1.90. The topological polar surface area (TPSA) is 38.8 Å². The third-order valence-electron chi connectivity index (χ3n) is 1.90. The number of hydrogen-bond donors (Lipinski definition) is 0. The van der Waals surface area contributed by atoms with Crippen molar-refractivity contribution in [2.45, 2.75) is 31.7 Å². The average Bonchev–Trinajstić information content (AvgIpc) is 2.17. The Morgan fingerprint density at radius 3 is 2.67 bits per heavy atom. The first-order valence-corrected chi connectivity index (χ1v) is 3.13. The zero-order valence-electron chi connectivity index (χ0n) is 5.22. The van der Waals surface area contributed by atoms with Crippen LogP contribution < -0.4 is 0 Å². The van der Waals surface area contributed by atoms with E-state index in [1.165, 1.54) is 0 Å². The molecule has 0 N–H and O–H groups in total. The summed E-state index contributed by atoms with van der Waals surface area (Å²) in [4.78, 5) is 10.5. The van der Waals surface area contributed by atoms with Gasteiger partial charge in [-0.3, -0.25) is 4.79 Å². The van der Waals surface area contributed by atoms with Crippen molar-refractivity contribution < 1.29 is 14.3 Å². The molecule has 0 aromatic heterocycles. The van der Waals surface area contributed by atoms with Crippen LogP contribution in [0.1, 0.15) is 19.8 Å². The quantitative estimate of drug-likeness (QED) is 0.351. The maximum absolute atomic E-state index is 10.5. The molecule has 1 spiro atoms. The van der Waals surface area contributed by atoms with E-state index in [-0.39, 0.29) is 12.1 Å². The first kappa shape index (κ1) is 5.23. The number of ether oxygens (including phenoxy) is 2. The standard InChI is InChI=1S/C6H8O3/c1-4-6(8-4)3-2-5(7)9-6/h4H,2-3H2,1H3. The lowest BCUT2D eigenvalue weighted by atomic mass is 10.2. The van der Waals surface area contributed by atoms with Crippen LogP contribution >= 0.6 is 0 Å². The van der Waals surface area contributed by atoms with E-state index >= 15 is 0 Å². The van der Waals surface area contributed by atoms with Gasteiger partial charge in [0.05, 0.1) is 6.42 Å². The van der Waals surface area contributed by atoms with Gasteiger partial charge in [0.2, 0.25) is 5.79 Å². The highest BCUT2D eigenvalue weighted by Crippen LogP contribution is 2.45. The molecule has 0 bridgehead atoms. The summed E-state index contributed by atoms with van der Waals surface area (Å²) < 4.78 is 10.0. The van der Waals surface area contributed by atoms with Gasteiger partial charge < -0.3 is 9.47 Å². The van der Waals surface area contributed by atoms with Crippen molar-refractivity contribution in [2.75, 3.05) is 0 Å². The van der Waals surface area contributed by atoms with E-state index in [1.807, 2.05) is 6.92 Å². The summed E-state index contributed by atoms with van der Waals surface area (Å²) in [6.07, 6.45) is 1.39. The Kier molecular flexibility index (Phi) is 0.750. The Morgan fingerprint density at radius 1 is 1.78 bits per heavy atom. The van der Waals surface area contributed by atoms with Crippen LogP contribution in [0.15, 0.2) is 0 Å². The Bertz CT molecular complexity index is 166. The minimum absolute atomic E-state index is 0.126. The van der Waals surface area contributed by atoms with Crippen molar-refractivity contribution in [1.82, 2.24) is 0 Å². The van der Waals surface area contributed by atoms with E-state index in [0.29, 0.717) is 6.42 Å². The van der Waals surface area contributed by atoms with E-state index in [2.05, 4.69) is 0 Å². The van der Waals surface area contributed by atoms with Crippen LogP contribution in [0.25, 0.3) is 0 Å². The molecule has 2 atom stereocenters. The van der Waals surface area contributed by atoms with Crippen LogP contribution in [0.5, 0.6) is 0 Å². The van der Waals surface area contributed by atoms with Gasteiger partial charge in [-0.2, -0.15) is 0 Å². The van der Waals surface area contributed by atoms with Gasteiger partial charge in [0.1, 0.15) is 6.10 Å². The number of carbonyl (C=O) groups is 1. The SMILES string of the molecule is CC1OC12CCC(=O)O2. The van der Waals surface area contributed by atoms with Crippen LogP contribution in [0.4, 0.5) is 0 Å².